The molecule has 1 aliphatic carbocycles. The van der Waals surface area contributed by atoms with Crippen LogP contribution in [0.5, 0.6) is 0 Å². The van der Waals surface area contributed by atoms with Crippen molar-refractivity contribution in [1.29, 1.82) is 0 Å². The number of hydrogen-bond donors (Lipinski definition) is 0. The van der Waals surface area contributed by atoms with Crippen molar-refractivity contribution in [2.24, 2.45) is 5.92 Å². The van der Waals surface area contributed by atoms with E-state index >= 15 is 0 Å². The van der Waals surface area contributed by atoms with E-state index in [1.165, 1.54) is 37.9 Å². The third-order valence-electron chi connectivity index (χ3n) is 4.36. The predicted octanol–water partition coefficient (Wildman–Crippen LogP) is 1.58. The van der Waals surface area contributed by atoms with Gasteiger partial charge in [-0.05, 0) is 12.8 Å². The molecule has 108 valence electrons. The van der Waals surface area contributed by atoms with Gasteiger partial charge in [-0.25, -0.2) is 5.06 Å². The Morgan fingerprint density at radius 3 is 2.47 bits per heavy atom. The molecule has 0 aromatic carbocycles. The molecule has 0 unspecified atom stereocenters. The summed E-state index contributed by atoms with van der Waals surface area (Å²) >= 11 is 0. The van der Waals surface area contributed by atoms with Crippen LogP contribution in [0.3, 0.4) is 0 Å². The van der Waals surface area contributed by atoms with Gasteiger partial charge in [-0.2, -0.15) is 0 Å². The van der Waals surface area contributed by atoms with Crippen molar-refractivity contribution in [3.05, 3.63) is 0 Å². The number of hydrogen-bond acceptors (Lipinski definition) is 3. The van der Waals surface area contributed by atoms with Crippen LogP contribution in [-0.2, 0) is 14.4 Å². The smallest absolute Gasteiger partial charge is 0.251 e. The van der Waals surface area contributed by atoms with Crippen LogP contribution in [0.1, 0.15) is 44.9 Å². The molecule has 2 aliphatic rings. The highest BCUT2D eigenvalue weighted by Gasteiger charge is 2.39. The fourth-order valence-electron chi connectivity index (χ4n) is 3.17. The van der Waals surface area contributed by atoms with E-state index in [2.05, 4.69) is 0 Å². The van der Waals surface area contributed by atoms with Crippen LogP contribution in [0, 0.1) is 5.92 Å². The lowest BCUT2D eigenvalue weighted by Crippen LogP contribution is -2.38. The van der Waals surface area contributed by atoms with Crippen LogP contribution < -0.4 is 0 Å². The fraction of sp³-hybridized carbons (Fsp3) is 0.857. The quantitative estimate of drug-likeness (QED) is 0.577. The number of rotatable bonds is 3. The number of nitrogens with zero attached hydrogens (tertiary/aromatic N) is 2. The lowest BCUT2D eigenvalue weighted by molar-refractivity contribution is -0.173. The highest BCUT2D eigenvalue weighted by molar-refractivity contribution is 5.88. The van der Waals surface area contributed by atoms with Gasteiger partial charge in [0, 0.05) is 26.1 Å². The molecule has 2 fully saturated rings. The van der Waals surface area contributed by atoms with Crippen molar-refractivity contribution in [2.75, 3.05) is 20.7 Å². The van der Waals surface area contributed by atoms with E-state index in [0.29, 0.717) is 19.0 Å². The average Bonchev–Trinajstić information content (AvgIpc) is 2.65. The van der Waals surface area contributed by atoms with E-state index in [1.54, 1.807) is 7.05 Å². The maximum Gasteiger partial charge on any atom is 0.251 e. The average molecular weight is 268 g/mol. The molecule has 1 saturated carbocycles. The number of carbonyl (C=O) groups excluding carboxylic acids is 2. The molecule has 5 heteroatoms. The monoisotopic (exact) mass is 268 g/mol. The Hall–Kier alpha value is -1.10. The number of carbonyl (C=O) groups is 2. The molecule has 0 radical (unpaired) electrons. The Morgan fingerprint density at radius 2 is 1.89 bits per heavy atom. The van der Waals surface area contributed by atoms with E-state index in [0.717, 1.165) is 12.8 Å². The van der Waals surface area contributed by atoms with Crippen LogP contribution in [0.4, 0.5) is 0 Å². The van der Waals surface area contributed by atoms with Crippen molar-refractivity contribution in [3.63, 3.8) is 0 Å². The molecule has 1 heterocycles. The first-order valence-corrected chi connectivity index (χ1v) is 7.24. The summed E-state index contributed by atoms with van der Waals surface area (Å²) in [6.45, 7) is 0.566. The molecule has 0 N–H and O–H groups in total. The van der Waals surface area contributed by atoms with Gasteiger partial charge in [0.1, 0.15) is 0 Å². The molecular weight excluding hydrogens is 244 g/mol. The molecule has 0 aromatic rings. The lowest BCUT2D eigenvalue weighted by atomic mass is 10.1. The maximum atomic E-state index is 12.1. The molecule has 19 heavy (non-hydrogen) atoms. The Bertz CT molecular complexity index is 338. The van der Waals surface area contributed by atoms with Crippen molar-refractivity contribution < 1.29 is 14.4 Å². The first kappa shape index (κ1) is 14.3. The van der Waals surface area contributed by atoms with Crippen molar-refractivity contribution >= 4 is 11.8 Å². The highest BCUT2D eigenvalue weighted by Crippen LogP contribution is 2.28. The van der Waals surface area contributed by atoms with Crippen LogP contribution in [0.25, 0.3) is 0 Å². The molecule has 0 aromatic heterocycles. The summed E-state index contributed by atoms with van der Waals surface area (Å²) in [5.41, 5.74) is 0. The van der Waals surface area contributed by atoms with Gasteiger partial charge < -0.3 is 4.90 Å². The molecule has 1 atom stereocenters. The summed E-state index contributed by atoms with van der Waals surface area (Å²) in [4.78, 5) is 31.0. The molecular formula is C14H24N2O3. The van der Waals surface area contributed by atoms with Crippen LogP contribution in [-0.4, -0.2) is 48.5 Å². The molecule has 0 spiro atoms. The van der Waals surface area contributed by atoms with Gasteiger partial charge in [0.2, 0.25) is 5.91 Å². The normalized spacial score (nSPS) is 25.5. The Labute approximate surface area is 114 Å². The van der Waals surface area contributed by atoms with E-state index in [9.17, 15) is 9.59 Å². The number of likely N-dealkylation sites (tertiary alicyclic amines) is 1. The van der Waals surface area contributed by atoms with E-state index in [1.807, 2.05) is 4.90 Å². The minimum atomic E-state index is -0.235. The summed E-state index contributed by atoms with van der Waals surface area (Å²) in [6.07, 6.45) is 7.46. The first-order valence-electron chi connectivity index (χ1n) is 7.24. The topological polar surface area (TPSA) is 49.9 Å². The van der Waals surface area contributed by atoms with Gasteiger partial charge in [0.05, 0.1) is 13.0 Å². The Morgan fingerprint density at radius 1 is 1.26 bits per heavy atom. The second kappa shape index (κ2) is 6.37. The third kappa shape index (κ3) is 3.26. The zero-order chi connectivity index (χ0) is 13.8. The second-order valence-electron chi connectivity index (χ2n) is 5.61. The summed E-state index contributed by atoms with van der Waals surface area (Å²) in [7, 11) is 3.07. The van der Waals surface area contributed by atoms with Crippen LogP contribution in [0.2, 0.25) is 0 Å². The maximum absolute atomic E-state index is 12.1. The zero-order valence-corrected chi connectivity index (χ0v) is 11.9. The summed E-state index contributed by atoms with van der Waals surface area (Å²) in [5.74, 6) is -0.192. The summed E-state index contributed by atoms with van der Waals surface area (Å²) < 4.78 is 0. The van der Waals surface area contributed by atoms with E-state index in [4.69, 9.17) is 4.84 Å². The minimum absolute atomic E-state index is 0.0908. The predicted molar refractivity (Wildman–Crippen MR) is 71.1 cm³/mol. The van der Waals surface area contributed by atoms with Gasteiger partial charge in [0.25, 0.3) is 5.91 Å². The van der Waals surface area contributed by atoms with Crippen molar-refractivity contribution in [3.8, 4) is 0 Å². The number of hydroxylamine groups is 2. The molecule has 1 saturated heterocycles. The Kier molecular flexibility index (Phi) is 4.80. The van der Waals surface area contributed by atoms with E-state index < -0.39 is 0 Å². The molecule has 2 amide bonds. The SMILES string of the molecule is CON(C)C(=O)[C@@H]1CC(=O)N(C2CCCCCC2)C1. The zero-order valence-electron chi connectivity index (χ0n) is 11.9. The molecule has 5 nitrogen and oxygen atoms in total. The van der Waals surface area contributed by atoms with Gasteiger partial charge in [-0.3, -0.25) is 14.4 Å². The molecule has 0 bridgehead atoms. The largest absolute Gasteiger partial charge is 0.339 e. The Balaban J connectivity index is 1.96. The highest BCUT2D eigenvalue weighted by atomic mass is 16.7. The number of amides is 2. The standard InChI is InChI=1S/C14H24N2O3/c1-15(19-2)14(18)11-9-13(17)16(10-11)12-7-5-3-4-6-8-12/h11-12H,3-10H2,1-2H3/t11-/m1/s1. The third-order valence-corrected chi connectivity index (χ3v) is 4.36. The van der Waals surface area contributed by atoms with Gasteiger partial charge in [0.15, 0.2) is 0 Å². The second-order valence-corrected chi connectivity index (χ2v) is 5.61. The van der Waals surface area contributed by atoms with Crippen molar-refractivity contribution in [2.45, 2.75) is 51.0 Å². The van der Waals surface area contributed by atoms with Gasteiger partial charge >= 0.3 is 0 Å². The van der Waals surface area contributed by atoms with Gasteiger partial charge in [-0.1, -0.05) is 25.7 Å². The van der Waals surface area contributed by atoms with Crippen LogP contribution >= 0.6 is 0 Å². The van der Waals surface area contributed by atoms with Crippen molar-refractivity contribution in [1.82, 2.24) is 9.96 Å². The van der Waals surface area contributed by atoms with Gasteiger partial charge in [-0.15, -0.1) is 0 Å². The van der Waals surface area contributed by atoms with E-state index in [-0.39, 0.29) is 17.7 Å². The minimum Gasteiger partial charge on any atom is -0.339 e. The summed E-state index contributed by atoms with van der Waals surface area (Å²) in [5, 5.41) is 1.23. The van der Waals surface area contributed by atoms with Crippen LogP contribution in [0.15, 0.2) is 0 Å². The first-order chi connectivity index (χ1) is 9.13. The fourth-order valence-corrected chi connectivity index (χ4v) is 3.17. The molecule has 1 aliphatic heterocycles. The summed E-state index contributed by atoms with van der Waals surface area (Å²) in [6, 6.07) is 0.348. The molecule has 2 rings (SSSR count). The lowest BCUT2D eigenvalue weighted by Gasteiger charge is -2.27.